The lowest BCUT2D eigenvalue weighted by Crippen LogP contribution is -2.25. The molecule has 0 aromatic heterocycles. The maximum absolute atomic E-state index is 11.1. The molecule has 2 aromatic rings. The maximum Gasteiger partial charge on any atom is 0.243 e. The third-order valence-electron chi connectivity index (χ3n) is 5.17. The van der Waals surface area contributed by atoms with Crippen molar-refractivity contribution in [3.63, 3.8) is 0 Å². The molecular weight excluding hydrogens is 383 g/mol. The molecule has 1 aliphatic heterocycles. The molecular formula is C21H24Cl2N2O2. The molecule has 6 heteroatoms. The van der Waals surface area contributed by atoms with Crippen LogP contribution in [0.1, 0.15) is 42.0 Å². The minimum atomic E-state index is -0.358. The van der Waals surface area contributed by atoms with Crippen LogP contribution in [-0.2, 0) is 17.6 Å². The van der Waals surface area contributed by atoms with Gasteiger partial charge in [-0.1, -0.05) is 53.5 Å². The number of aryl methyl sites for hydroxylation is 1. The summed E-state index contributed by atoms with van der Waals surface area (Å²) in [7, 11) is 0. The molecule has 1 saturated heterocycles. The Kier molecular flexibility index (Phi) is 7.13. The van der Waals surface area contributed by atoms with Gasteiger partial charge in [0.1, 0.15) is 0 Å². The molecule has 1 amide bonds. The smallest absolute Gasteiger partial charge is 0.243 e. The first-order valence-corrected chi connectivity index (χ1v) is 10.0. The highest BCUT2D eigenvalue weighted by molar-refractivity contribution is 6.42. The van der Waals surface area contributed by atoms with E-state index in [2.05, 4.69) is 29.2 Å². The maximum atomic E-state index is 11.1. The van der Waals surface area contributed by atoms with Gasteiger partial charge >= 0.3 is 0 Å². The number of hydrogen-bond donors (Lipinski definition) is 2. The summed E-state index contributed by atoms with van der Waals surface area (Å²) in [5.74, 6) is -0.358. The summed E-state index contributed by atoms with van der Waals surface area (Å²) in [6.45, 7) is 2.09. The number of hydrogen-bond acceptors (Lipinski definition) is 3. The number of nitrogens with zero attached hydrogens (tertiary/aromatic N) is 1. The first-order valence-electron chi connectivity index (χ1n) is 9.26. The van der Waals surface area contributed by atoms with Crippen LogP contribution in [0.5, 0.6) is 0 Å². The van der Waals surface area contributed by atoms with Crippen molar-refractivity contribution in [2.45, 2.75) is 38.1 Å². The highest BCUT2D eigenvalue weighted by Crippen LogP contribution is 2.32. The predicted molar refractivity (Wildman–Crippen MR) is 108 cm³/mol. The van der Waals surface area contributed by atoms with E-state index < -0.39 is 0 Å². The quantitative estimate of drug-likeness (QED) is 0.512. The zero-order valence-corrected chi connectivity index (χ0v) is 16.6. The van der Waals surface area contributed by atoms with Gasteiger partial charge in [0.05, 0.1) is 10.0 Å². The van der Waals surface area contributed by atoms with Crippen LogP contribution >= 0.6 is 23.2 Å². The molecule has 0 aliphatic carbocycles. The molecule has 3 rings (SSSR count). The number of likely N-dealkylation sites (tertiary alicyclic amines) is 1. The summed E-state index contributed by atoms with van der Waals surface area (Å²) in [6, 6.07) is 14.8. The van der Waals surface area contributed by atoms with Crippen LogP contribution in [0.4, 0.5) is 0 Å². The molecule has 144 valence electrons. The van der Waals surface area contributed by atoms with Gasteiger partial charge in [0.25, 0.3) is 0 Å². The largest absolute Gasteiger partial charge is 0.296 e. The number of carbonyl (C=O) groups is 1. The van der Waals surface area contributed by atoms with Crippen LogP contribution in [-0.4, -0.2) is 29.1 Å². The molecule has 2 N–H and O–H groups in total. The molecule has 0 saturated carbocycles. The van der Waals surface area contributed by atoms with Crippen molar-refractivity contribution in [3.8, 4) is 0 Å². The zero-order valence-electron chi connectivity index (χ0n) is 15.1. The van der Waals surface area contributed by atoms with Crippen molar-refractivity contribution in [2.75, 3.05) is 13.1 Å². The van der Waals surface area contributed by atoms with Crippen LogP contribution in [0.25, 0.3) is 0 Å². The molecule has 4 nitrogen and oxygen atoms in total. The summed E-state index contributed by atoms with van der Waals surface area (Å²) in [6.07, 6.45) is 4.22. The number of carbonyl (C=O) groups excluding carboxylic acids is 1. The SMILES string of the molecule is O=C(CCc1ccc(C2CCCN2CCc2ccc(Cl)c(Cl)c2)cc1)NO. The molecule has 0 radical (unpaired) electrons. The standard InChI is InChI=1S/C21H24Cl2N2O2/c22-18-9-5-16(14-19(18)23)11-13-25-12-1-2-20(25)17-7-3-15(4-8-17)6-10-21(26)24-27/h3-5,7-9,14,20,27H,1-2,6,10-13H2,(H,24,26). The number of benzene rings is 2. The second kappa shape index (κ2) is 9.56. The summed E-state index contributed by atoms with van der Waals surface area (Å²) in [5.41, 5.74) is 5.29. The lowest BCUT2D eigenvalue weighted by molar-refractivity contribution is -0.129. The van der Waals surface area contributed by atoms with Gasteiger partial charge in [-0.05, 0) is 61.1 Å². The second-order valence-electron chi connectivity index (χ2n) is 6.97. The monoisotopic (exact) mass is 406 g/mol. The Morgan fingerprint density at radius 1 is 1.07 bits per heavy atom. The highest BCUT2D eigenvalue weighted by Gasteiger charge is 2.25. The lowest BCUT2D eigenvalue weighted by Gasteiger charge is -2.25. The van der Waals surface area contributed by atoms with Gasteiger partial charge in [0, 0.05) is 19.0 Å². The van der Waals surface area contributed by atoms with E-state index in [1.54, 1.807) is 5.48 Å². The normalized spacial score (nSPS) is 17.2. The summed E-state index contributed by atoms with van der Waals surface area (Å²) < 4.78 is 0. The van der Waals surface area contributed by atoms with Gasteiger partial charge in [0.15, 0.2) is 0 Å². The van der Waals surface area contributed by atoms with E-state index in [0.29, 0.717) is 22.5 Å². The number of hydroxylamine groups is 1. The molecule has 1 unspecified atom stereocenters. The van der Waals surface area contributed by atoms with Crippen molar-refractivity contribution in [1.82, 2.24) is 10.4 Å². The van der Waals surface area contributed by atoms with Crippen LogP contribution in [0, 0.1) is 0 Å². The number of halogens is 2. The minimum Gasteiger partial charge on any atom is -0.296 e. The van der Waals surface area contributed by atoms with Crippen LogP contribution in [0.15, 0.2) is 42.5 Å². The summed E-state index contributed by atoms with van der Waals surface area (Å²) >= 11 is 12.1. The molecule has 1 fully saturated rings. The Morgan fingerprint density at radius 3 is 2.52 bits per heavy atom. The van der Waals surface area contributed by atoms with E-state index in [1.807, 2.05) is 18.2 Å². The third-order valence-corrected chi connectivity index (χ3v) is 5.90. The van der Waals surface area contributed by atoms with Gasteiger partial charge in [0.2, 0.25) is 5.91 Å². The van der Waals surface area contributed by atoms with Crippen LogP contribution in [0.2, 0.25) is 10.0 Å². The second-order valence-corrected chi connectivity index (χ2v) is 7.78. The Hall–Kier alpha value is -1.59. The van der Waals surface area contributed by atoms with Gasteiger partial charge in [-0.2, -0.15) is 0 Å². The molecule has 27 heavy (non-hydrogen) atoms. The van der Waals surface area contributed by atoms with Gasteiger partial charge < -0.3 is 0 Å². The number of rotatable bonds is 7. The van der Waals surface area contributed by atoms with E-state index >= 15 is 0 Å². The number of nitrogens with one attached hydrogen (secondary N) is 1. The Bertz CT molecular complexity index is 780. The van der Waals surface area contributed by atoms with Crippen LogP contribution in [0.3, 0.4) is 0 Å². The van der Waals surface area contributed by atoms with E-state index in [1.165, 1.54) is 17.5 Å². The van der Waals surface area contributed by atoms with E-state index in [-0.39, 0.29) is 12.3 Å². The van der Waals surface area contributed by atoms with Gasteiger partial charge in [-0.15, -0.1) is 0 Å². The lowest BCUT2D eigenvalue weighted by atomic mass is 10.0. The minimum absolute atomic E-state index is 0.287. The number of amides is 1. The van der Waals surface area contributed by atoms with Crippen molar-refractivity contribution in [1.29, 1.82) is 0 Å². The predicted octanol–water partition coefficient (Wildman–Crippen LogP) is 4.81. The van der Waals surface area contributed by atoms with Crippen molar-refractivity contribution in [3.05, 3.63) is 69.2 Å². The van der Waals surface area contributed by atoms with Crippen molar-refractivity contribution >= 4 is 29.1 Å². The third kappa shape index (κ3) is 5.45. The van der Waals surface area contributed by atoms with Gasteiger partial charge in [-0.3, -0.25) is 14.9 Å². The molecule has 1 heterocycles. The van der Waals surface area contributed by atoms with E-state index in [9.17, 15) is 4.79 Å². The molecule has 0 bridgehead atoms. The summed E-state index contributed by atoms with van der Waals surface area (Å²) in [4.78, 5) is 13.7. The van der Waals surface area contributed by atoms with Crippen LogP contribution < -0.4 is 5.48 Å². The molecule has 1 aliphatic rings. The fourth-order valence-corrected chi connectivity index (χ4v) is 3.98. The van der Waals surface area contributed by atoms with Crippen molar-refractivity contribution in [2.24, 2.45) is 0 Å². The topological polar surface area (TPSA) is 52.6 Å². The average Bonchev–Trinajstić information content (AvgIpc) is 3.16. The average molecular weight is 407 g/mol. The Labute approximate surface area is 170 Å². The molecule has 1 atom stereocenters. The van der Waals surface area contributed by atoms with Gasteiger partial charge in [-0.25, -0.2) is 5.48 Å². The molecule has 0 spiro atoms. The Morgan fingerprint density at radius 2 is 1.81 bits per heavy atom. The fourth-order valence-electron chi connectivity index (χ4n) is 3.66. The zero-order chi connectivity index (χ0) is 19.2. The summed E-state index contributed by atoms with van der Waals surface area (Å²) in [5, 5.41) is 9.77. The first kappa shape index (κ1) is 20.2. The van der Waals surface area contributed by atoms with E-state index in [4.69, 9.17) is 28.4 Å². The Balaban J connectivity index is 1.58. The van der Waals surface area contributed by atoms with E-state index in [0.717, 1.165) is 31.5 Å². The molecule has 2 aromatic carbocycles. The first-order chi connectivity index (χ1) is 13.1. The highest BCUT2D eigenvalue weighted by atomic mass is 35.5. The fraction of sp³-hybridized carbons (Fsp3) is 0.381. The van der Waals surface area contributed by atoms with Crippen molar-refractivity contribution < 1.29 is 10.0 Å².